The normalized spacial score (nSPS) is 22.4. The number of halogens is 1. The molecule has 3 rings (SSSR count). The summed E-state index contributed by atoms with van der Waals surface area (Å²) >= 11 is 0. The molecule has 2 fully saturated rings. The van der Waals surface area contributed by atoms with Gasteiger partial charge in [0.1, 0.15) is 5.75 Å². The Morgan fingerprint density at radius 2 is 1.76 bits per heavy atom. The van der Waals surface area contributed by atoms with E-state index < -0.39 is 0 Å². The molecule has 2 nitrogen and oxygen atoms in total. The highest BCUT2D eigenvalue weighted by Crippen LogP contribution is 2.29. The van der Waals surface area contributed by atoms with E-state index in [-0.39, 0.29) is 12.4 Å². The number of nitrogens with zero attached hydrogens (tertiary/aromatic N) is 1. The molecule has 2 aliphatic rings. The summed E-state index contributed by atoms with van der Waals surface area (Å²) in [5, 5.41) is 0. The first kappa shape index (κ1) is 20.6. The molecule has 3 heteroatoms. The van der Waals surface area contributed by atoms with Crippen molar-refractivity contribution in [2.24, 2.45) is 11.8 Å². The monoisotopic (exact) mass is 365 g/mol. The minimum Gasteiger partial charge on any atom is -0.493 e. The van der Waals surface area contributed by atoms with Gasteiger partial charge in [-0.15, -0.1) is 12.4 Å². The van der Waals surface area contributed by atoms with Gasteiger partial charge in [0.05, 0.1) is 6.61 Å². The lowest BCUT2D eigenvalue weighted by molar-refractivity contribution is 0.134. The zero-order chi connectivity index (χ0) is 16.6. The van der Waals surface area contributed by atoms with Crippen LogP contribution in [0.1, 0.15) is 63.9 Å². The van der Waals surface area contributed by atoms with Crippen molar-refractivity contribution < 1.29 is 4.74 Å². The van der Waals surface area contributed by atoms with Crippen LogP contribution in [0.5, 0.6) is 5.75 Å². The van der Waals surface area contributed by atoms with Crippen LogP contribution in [0, 0.1) is 11.8 Å². The number of rotatable bonds is 7. The molecule has 1 atom stereocenters. The molecule has 1 saturated carbocycles. The number of aryl methyl sites for hydroxylation is 1. The van der Waals surface area contributed by atoms with Gasteiger partial charge in [0.15, 0.2) is 0 Å². The Bertz CT molecular complexity index is 487. The first-order chi connectivity index (χ1) is 11.8. The predicted molar refractivity (Wildman–Crippen MR) is 109 cm³/mol. The molecule has 0 N–H and O–H groups in total. The molecule has 1 aliphatic heterocycles. The summed E-state index contributed by atoms with van der Waals surface area (Å²) in [5.74, 6) is 2.79. The molecule has 0 radical (unpaired) electrons. The highest BCUT2D eigenvalue weighted by molar-refractivity contribution is 5.85. The van der Waals surface area contributed by atoms with E-state index in [0.29, 0.717) is 5.92 Å². The van der Waals surface area contributed by atoms with Crippen LogP contribution < -0.4 is 4.74 Å². The first-order valence-electron chi connectivity index (χ1n) is 10.3. The molecule has 1 saturated heterocycles. The van der Waals surface area contributed by atoms with Gasteiger partial charge in [0, 0.05) is 12.5 Å². The van der Waals surface area contributed by atoms with Crippen molar-refractivity contribution in [1.82, 2.24) is 4.90 Å². The third kappa shape index (κ3) is 6.49. The van der Waals surface area contributed by atoms with Crippen LogP contribution in [0.15, 0.2) is 24.3 Å². The SMILES string of the molecule is CCN1CCCC(COc2ccccc2CCC2CCCCC2)C1.Cl. The second-order valence-electron chi connectivity index (χ2n) is 7.86. The fourth-order valence-corrected chi connectivity index (χ4v) is 4.47. The Morgan fingerprint density at radius 3 is 2.56 bits per heavy atom. The largest absolute Gasteiger partial charge is 0.493 e. The molecule has 25 heavy (non-hydrogen) atoms. The standard InChI is InChI=1S/C22H35NO.ClH/c1-2-23-16-8-11-20(17-23)18-24-22-13-7-6-12-21(22)15-14-19-9-4-3-5-10-19;/h6-7,12-13,19-20H,2-5,8-11,14-18H2,1H3;1H. The van der Waals surface area contributed by atoms with Gasteiger partial charge < -0.3 is 9.64 Å². The van der Waals surface area contributed by atoms with Gasteiger partial charge in [-0.05, 0) is 56.3 Å². The van der Waals surface area contributed by atoms with E-state index in [1.54, 1.807) is 0 Å². The van der Waals surface area contributed by atoms with E-state index in [0.717, 1.165) is 18.3 Å². The van der Waals surface area contributed by atoms with Gasteiger partial charge in [0.25, 0.3) is 0 Å². The van der Waals surface area contributed by atoms with Gasteiger partial charge in [-0.3, -0.25) is 0 Å². The van der Waals surface area contributed by atoms with Crippen LogP contribution >= 0.6 is 12.4 Å². The molecule has 142 valence electrons. The lowest BCUT2D eigenvalue weighted by atomic mass is 9.85. The van der Waals surface area contributed by atoms with E-state index in [1.165, 1.54) is 83.0 Å². The van der Waals surface area contributed by atoms with Crippen molar-refractivity contribution in [2.45, 2.75) is 64.7 Å². The first-order valence-corrected chi connectivity index (χ1v) is 10.3. The Morgan fingerprint density at radius 1 is 1.00 bits per heavy atom. The fraction of sp³-hybridized carbons (Fsp3) is 0.727. The molecule has 0 aromatic heterocycles. The molecule has 1 unspecified atom stereocenters. The van der Waals surface area contributed by atoms with Crippen LogP contribution in [-0.2, 0) is 6.42 Å². The van der Waals surface area contributed by atoms with E-state index in [1.807, 2.05) is 0 Å². The summed E-state index contributed by atoms with van der Waals surface area (Å²) in [6.45, 7) is 6.81. The summed E-state index contributed by atoms with van der Waals surface area (Å²) < 4.78 is 6.28. The van der Waals surface area contributed by atoms with Gasteiger partial charge >= 0.3 is 0 Å². The average Bonchev–Trinajstić information content (AvgIpc) is 2.66. The average molecular weight is 366 g/mol. The second-order valence-corrected chi connectivity index (χ2v) is 7.86. The van der Waals surface area contributed by atoms with E-state index in [2.05, 4.69) is 36.1 Å². The number of hydrogen-bond donors (Lipinski definition) is 0. The van der Waals surface area contributed by atoms with Crippen LogP contribution in [-0.4, -0.2) is 31.1 Å². The van der Waals surface area contributed by atoms with Gasteiger partial charge in [-0.1, -0.05) is 57.2 Å². The molecule has 1 aliphatic carbocycles. The Kier molecular flexibility index (Phi) is 9.12. The summed E-state index contributed by atoms with van der Waals surface area (Å²) in [7, 11) is 0. The van der Waals surface area contributed by atoms with Crippen LogP contribution in [0.25, 0.3) is 0 Å². The smallest absolute Gasteiger partial charge is 0.122 e. The fourth-order valence-electron chi connectivity index (χ4n) is 4.47. The second kappa shape index (κ2) is 11.1. The van der Waals surface area contributed by atoms with Crippen molar-refractivity contribution in [3.63, 3.8) is 0 Å². The zero-order valence-electron chi connectivity index (χ0n) is 15.9. The van der Waals surface area contributed by atoms with Crippen LogP contribution in [0.2, 0.25) is 0 Å². The molecule has 0 amide bonds. The predicted octanol–water partition coefficient (Wildman–Crippen LogP) is 5.73. The maximum atomic E-state index is 6.28. The quantitative estimate of drug-likeness (QED) is 0.611. The number of piperidine rings is 1. The third-order valence-electron chi connectivity index (χ3n) is 6.04. The number of hydrogen-bond acceptors (Lipinski definition) is 2. The lowest BCUT2D eigenvalue weighted by Gasteiger charge is -2.31. The Hall–Kier alpha value is -0.730. The molecular weight excluding hydrogens is 330 g/mol. The minimum absolute atomic E-state index is 0. The van der Waals surface area contributed by atoms with Crippen molar-refractivity contribution in [1.29, 1.82) is 0 Å². The van der Waals surface area contributed by atoms with Gasteiger partial charge in [0.2, 0.25) is 0 Å². The lowest BCUT2D eigenvalue weighted by Crippen LogP contribution is -2.37. The summed E-state index contributed by atoms with van der Waals surface area (Å²) in [4.78, 5) is 2.56. The number of benzene rings is 1. The number of para-hydroxylation sites is 1. The third-order valence-corrected chi connectivity index (χ3v) is 6.04. The highest BCUT2D eigenvalue weighted by atomic mass is 35.5. The number of ether oxygens (including phenoxy) is 1. The number of likely N-dealkylation sites (tertiary alicyclic amines) is 1. The summed E-state index contributed by atoms with van der Waals surface area (Å²) in [5.41, 5.74) is 1.42. The van der Waals surface area contributed by atoms with Crippen LogP contribution in [0.3, 0.4) is 0 Å². The van der Waals surface area contributed by atoms with E-state index >= 15 is 0 Å². The molecule has 1 heterocycles. The van der Waals surface area contributed by atoms with Crippen molar-refractivity contribution in [2.75, 3.05) is 26.2 Å². The summed E-state index contributed by atoms with van der Waals surface area (Å²) in [6.07, 6.45) is 12.4. The van der Waals surface area contributed by atoms with Crippen molar-refractivity contribution in [3.05, 3.63) is 29.8 Å². The zero-order valence-corrected chi connectivity index (χ0v) is 16.7. The Balaban J connectivity index is 0.00000225. The van der Waals surface area contributed by atoms with Gasteiger partial charge in [-0.2, -0.15) is 0 Å². The van der Waals surface area contributed by atoms with E-state index in [4.69, 9.17) is 4.74 Å². The highest BCUT2D eigenvalue weighted by Gasteiger charge is 2.20. The molecule has 0 spiro atoms. The van der Waals surface area contributed by atoms with Crippen LogP contribution in [0.4, 0.5) is 0 Å². The van der Waals surface area contributed by atoms with E-state index in [9.17, 15) is 0 Å². The maximum absolute atomic E-state index is 6.28. The molecule has 0 bridgehead atoms. The van der Waals surface area contributed by atoms with Gasteiger partial charge in [-0.25, -0.2) is 0 Å². The molecule has 1 aromatic rings. The maximum Gasteiger partial charge on any atom is 0.122 e. The van der Waals surface area contributed by atoms with Crippen molar-refractivity contribution in [3.8, 4) is 5.75 Å². The molecule has 1 aromatic carbocycles. The van der Waals surface area contributed by atoms with Crippen molar-refractivity contribution >= 4 is 12.4 Å². The topological polar surface area (TPSA) is 12.5 Å². The Labute approximate surface area is 160 Å². The minimum atomic E-state index is 0. The molecular formula is C22H36ClNO. The summed E-state index contributed by atoms with van der Waals surface area (Å²) in [6, 6.07) is 8.75.